The molecule has 1 amide bonds. The van der Waals surface area contributed by atoms with Crippen molar-refractivity contribution in [1.82, 2.24) is 20.2 Å². The van der Waals surface area contributed by atoms with Crippen LogP contribution < -0.4 is 19.7 Å². The zero-order valence-corrected chi connectivity index (χ0v) is 15.6. The van der Waals surface area contributed by atoms with Crippen molar-refractivity contribution in [2.24, 2.45) is 0 Å². The summed E-state index contributed by atoms with van der Waals surface area (Å²) in [5, 5.41) is 2.74. The van der Waals surface area contributed by atoms with Crippen LogP contribution in [0.2, 0.25) is 0 Å². The van der Waals surface area contributed by atoms with Gasteiger partial charge in [0.05, 0.1) is 0 Å². The first-order chi connectivity index (χ1) is 13.7. The summed E-state index contributed by atoms with van der Waals surface area (Å²) >= 11 is 0. The molecule has 0 aliphatic carbocycles. The van der Waals surface area contributed by atoms with E-state index in [9.17, 15) is 4.79 Å². The lowest BCUT2D eigenvalue weighted by molar-refractivity contribution is 0.0953. The maximum atomic E-state index is 12.1. The Balaban J connectivity index is 1.34. The van der Waals surface area contributed by atoms with Gasteiger partial charge in [-0.3, -0.25) is 9.69 Å². The number of ether oxygens (including phenoxy) is 2. The van der Waals surface area contributed by atoms with Crippen molar-refractivity contribution in [3.63, 3.8) is 0 Å². The van der Waals surface area contributed by atoms with Gasteiger partial charge in [-0.25, -0.2) is 9.97 Å². The Morgan fingerprint density at radius 2 is 2.00 bits per heavy atom. The Morgan fingerprint density at radius 1 is 1.18 bits per heavy atom. The van der Waals surface area contributed by atoms with Gasteiger partial charge in [-0.05, 0) is 23.8 Å². The molecule has 28 heavy (non-hydrogen) atoms. The summed E-state index contributed by atoms with van der Waals surface area (Å²) < 4.78 is 10.8. The highest BCUT2D eigenvalue weighted by Gasteiger charge is 2.21. The highest BCUT2D eigenvalue weighted by molar-refractivity contribution is 5.92. The Kier molecular flexibility index (Phi) is 5.38. The Morgan fingerprint density at radius 3 is 2.82 bits per heavy atom. The molecule has 1 N–H and O–H groups in total. The van der Waals surface area contributed by atoms with Crippen LogP contribution in [0.3, 0.4) is 0 Å². The molecule has 8 heteroatoms. The van der Waals surface area contributed by atoms with E-state index in [0.717, 1.165) is 44.2 Å². The van der Waals surface area contributed by atoms with Crippen LogP contribution in [0.15, 0.2) is 43.1 Å². The highest BCUT2D eigenvalue weighted by Crippen LogP contribution is 2.32. The van der Waals surface area contributed by atoms with Gasteiger partial charge in [0, 0.05) is 45.5 Å². The van der Waals surface area contributed by atoms with E-state index in [0.29, 0.717) is 25.0 Å². The molecule has 8 nitrogen and oxygen atoms in total. The molecule has 1 aromatic carbocycles. The molecule has 0 radical (unpaired) electrons. The molecule has 0 spiro atoms. The van der Waals surface area contributed by atoms with E-state index in [1.165, 1.54) is 5.56 Å². The maximum Gasteiger partial charge on any atom is 0.270 e. The summed E-state index contributed by atoms with van der Waals surface area (Å²) in [5.41, 5.74) is 1.57. The lowest BCUT2D eigenvalue weighted by atomic mass is 10.1. The lowest BCUT2D eigenvalue weighted by Crippen LogP contribution is -2.46. The molecule has 0 unspecified atom stereocenters. The number of rotatable bonds is 6. The van der Waals surface area contributed by atoms with Crippen LogP contribution >= 0.6 is 0 Å². The zero-order chi connectivity index (χ0) is 19.3. The van der Waals surface area contributed by atoms with Crippen molar-refractivity contribution >= 4 is 11.9 Å². The van der Waals surface area contributed by atoms with E-state index in [1.54, 1.807) is 18.3 Å². The number of nitrogens with one attached hydrogen (secondary N) is 1. The zero-order valence-electron chi connectivity index (χ0n) is 15.6. The van der Waals surface area contributed by atoms with E-state index in [1.807, 2.05) is 12.1 Å². The monoisotopic (exact) mass is 381 g/mol. The summed E-state index contributed by atoms with van der Waals surface area (Å²) in [6.45, 7) is 8.56. The topological polar surface area (TPSA) is 79.8 Å². The first-order valence-electron chi connectivity index (χ1n) is 9.31. The van der Waals surface area contributed by atoms with Gasteiger partial charge in [-0.15, -0.1) is 6.58 Å². The number of nitrogens with zero attached hydrogens (tertiary/aromatic N) is 4. The molecule has 1 fully saturated rings. The number of hydrogen-bond donors (Lipinski definition) is 1. The van der Waals surface area contributed by atoms with Crippen molar-refractivity contribution in [3.05, 3.63) is 54.4 Å². The molecule has 1 saturated heterocycles. The number of carbonyl (C=O) groups is 1. The number of anilines is 1. The molecule has 2 aromatic rings. The molecule has 0 atom stereocenters. The van der Waals surface area contributed by atoms with Gasteiger partial charge in [-0.1, -0.05) is 12.1 Å². The summed E-state index contributed by atoms with van der Waals surface area (Å²) in [5.74, 6) is 2.00. The minimum absolute atomic E-state index is 0.218. The van der Waals surface area contributed by atoms with Crippen molar-refractivity contribution < 1.29 is 14.3 Å². The lowest BCUT2D eigenvalue weighted by Gasteiger charge is -2.34. The summed E-state index contributed by atoms with van der Waals surface area (Å²) in [6, 6.07) is 7.71. The van der Waals surface area contributed by atoms with Crippen LogP contribution in [-0.2, 0) is 6.54 Å². The fourth-order valence-electron chi connectivity index (χ4n) is 3.29. The Bertz CT molecular complexity index is 865. The molecule has 0 bridgehead atoms. The molecule has 3 heterocycles. The van der Waals surface area contributed by atoms with Crippen LogP contribution in [0.1, 0.15) is 16.1 Å². The number of amides is 1. The van der Waals surface area contributed by atoms with Crippen molar-refractivity contribution in [2.45, 2.75) is 6.54 Å². The van der Waals surface area contributed by atoms with E-state index >= 15 is 0 Å². The smallest absolute Gasteiger partial charge is 0.270 e. The summed E-state index contributed by atoms with van der Waals surface area (Å²) in [4.78, 5) is 25.3. The highest BCUT2D eigenvalue weighted by atomic mass is 16.7. The number of aromatic nitrogens is 2. The predicted octanol–water partition coefficient (Wildman–Crippen LogP) is 1.44. The average Bonchev–Trinajstić information content (AvgIpc) is 3.20. The predicted molar refractivity (Wildman–Crippen MR) is 105 cm³/mol. The number of piperazine rings is 1. The number of hydrogen-bond acceptors (Lipinski definition) is 7. The standard InChI is InChI=1S/C20H23N5O3/c1-2-6-21-19(26)16-5-7-22-20(23-16)25-10-8-24(9-11-25)13-15-3-4-17-18(12-15)28-14-27-17/h2-5,7,12H,1,6,8-11,13-14H2,(H,21,26). The van der Waals surface area contributed by atoms with Crippen LogP contribution in [0.25, 0.3) is 0 Å². The van der Waals surface area contributed by atoms with E-state index in [4.69, 9.17) is 9.47 Å². The number of fused-ring (bicyclic) bond motifs is 1. The quantitative estimate of drug-likeness (QED) is 0.759. The van der Waals surface area contributed by atoms with Crippen LogP contribution in [0, 0.1) is 0 Å². The summed E-state index contributed by atoms with van der Waals surface area (Å²) in [6.07, 6.45) is 3.27. The fraction of sp³-hybridized carbons (Fsp3) is 0.350. The minimum atomic E-state index is -0.218. The molecular weight excluding hydrogens is 358 g/mol. The van der Waals surface area contributed by atoms with E-state index in [-0.39, 0.29) is 5.91 Å². The van der Waals surface area contributed by atoms with Gasteiger partial charge in [0.1, 0.15) is 5.69 Å². The maximum absolute atomic E-state index is 12.1. The normalized spacial score (nSPS) is 16.1. The second kappa shape index (κ2) is 8.26. The molecule has 2 aliphatic rings. The first kappa shape index (κ1) is 18.2. The third-order valence-electron chi connectivity index (χ3n) is 4.78. The average molecular weight is 381 g/mol. The number of carbonyl (C=O) groups excluding carboxylic acids is 1. The molecule has 1 aromatic heterocycles. The number of benzene rings is 1. The van der Waals surface area contributed by atoms with Gasteiger partial charge in [0.2, 0.25) is 12.7 Å². The minimum Gasteiger partial charge on any atom is -0.454 e. The second-order valence-electron chi connectivity index (χ2n) is 6.69. The third-order valence-corrected chi connectivity index (χ3v) is 4.78. The third kappa shape index (κ3) is 4.07. The van der Waals surface area contributed by atoms with Crippen LogP contribution in [0.5, 0.6) is 11.5 Å². The van der Waals surface area contributed by atoms with Gasteiger partial charge in [0.15, 0.2) is 11.5 Å². The van der Waals surface area contributed by atoms with Crippen molar-refractivity contribution in [3.8, 4) is 11.5 Å². The fourth-order valence-corrected chi connectivity index (χ4v) is 3.29. The van der Waals surface area contributed by atoms with Gasteiger partial charge >= 0.3 is 0 Å². The van der Waals surface area contributed by atoms with E-state index < -0.39 is 0 Å². The summed E-state index contributed by atoms with van der Waals surface area (Å²) in [7, 11) is 0. The molecule has 0 saturated carbocycles. The SMILES string of the molecule is C=CCNC(=O)c1ccnc(N2CCN(Cc3ccc4c(c3)OCO4)CC2)n1. The molecular formula is C20H23N5O3. The van der Waals surface area contributed by atoms with Crippen LogP contribution in [0.4, 0.5) is 5.95 Å². The Labute approximate surface area is 163 Å². The van der Waals surface area contributed by atoms with E-state index in [2.05, 4.69) is 37.7 Å². The first-order valence-corrected chi connectivity index (χ1v) is 9.31. The van der Waals surface area contributed by atoms with Gasteiger partial charge < -0.3 is 19.7 Å². The Hall–Kier alpha value is -3.13. The molecule has 146 valence electrons. The molecule has 4 rings (SSSR count). The largest absolute Gasteiger partial charge is 0.454 e. The van der Waals surface area contributed by atoms with Crippen molar-refractivity contribution in [2.75, 3.05) is 44.4 Å². The van der Waals surface area contributed by atoms with Crippen LogP contribution in [-0.4, -0.2) is 60.3 Å². The molecule has 2 aliphatic heterocycles. The van der Waals surface area contributed by atoms with Gasteiger partial charge in [0.25, 0.3) is 5.91 Å². The van der Waals surface area contributed by atoms with Crippen molar-refractivity contribution in [1.29, 1.82) is 0 Å². The van der Waals surface area contributed by atoms with Gasteiger partial charge in [-0.2, -0.15) is 0 Å². The second-order valence-corrected chi connectivity index (χ2v) is 6.69.